The van der Waals surface area contributed by atoms with E-state index in [1.807, 2.05) is 13.8 Å². The predicted molar refractivity (Wildman–Crippen MR) is 72.6 cm³/mol. The lowest BCUT2D eigenvalue weighted by atomic mass is 10.1. The molecule has 100 valence electrons. The van der Waals surface area contributed by atoms with Gasteiger partial charge in [0, 0.05) is 17.7 Å². The zero-order valence-corrected chi connectivity index (χ0v) is 11.1. The number of hydrogen-bond donors (Lipinski definition) is 2. The first-order valence-corrected chi connectivity index (χ1v) is 6.18. The van der Waals surface area contributed by atoms with E-state index in [0.717, 1.165) is 17.7 Å². The second kappa shape index (κ2) is 5.56. The zero-order valence-electron chi connectivity index (χ0n) is 11.1. The third-order valence-corrected chi connectivity index (χ3v) is 2.85. The van der Waals surface area contributed by atoms with Crippen LogP contribution in [-0.4, -0.2) is 10.9 Å². The van der Waals surface area contributed by atoms with Crippen LogP contribution in [0.15, 0.2) is 28.8 Å². The number of nitrogen functional groups attached to an aromatic ring is 1. The molecule has 0 saturated heterocycles. The van der Waals surface area contributed by atoms with Gasteiger partial charge in [0.1, 0.15) is 5.76 Å². The van der Waals surface area contributed by atoms with Gasteiger partial charge in [-0.15, -0.1) is 0 Å². The van der Waals surface area contributed by atoms with E-state index in [9.17, 15) is 4.79 Å². The van der Waals surface area contributed by atoms with E-state index >= 15 is 0 Å². The zero-order chi connectivity index (χ0) is 13.8. The summed E-state index contributed by atoms with van der Waals surface area (Å²) in [7, 11) is 0. The predicted octanol–water partition coefficient (Wildman–Crippen LogP) is 2.06. The average molecular weight is 259 g/mol. The van der Waals surface area contributed by atoms with Crippen LogP contribution in [0.25, 0.3) is 0 Å². The third kappa shape index (κ3) is 3.13. The second-order valence-corrected chi connectivity index (χ2v) is 4.33. The Kier molecular flexibility index (Phi) is 3.85. The molecule has 2 aromatic rings. The number of carbonyl (C=O) groups excluding carboxylic acids is 1. The maximum atomic E-state index is 12.0. The monoisotopic (exact) mass is 259 g/mol. The van der Waals surface area contributed by atoms with Crippen molar-refractivity contribution in [2.24, 2.45) is 0 Å². The minimum atomic E-state index is -0.159. The van der Waals surface area contributed by atoms with Crippen LogP contribution in [0.2, 0.25) is 0 Å². The Morgan fingerprint density at radius 2 is 2.26 bits per heavy atom. The summed E-state index contributed by atoms with van der Waals surface area (Å²) in [5, 5.41) is 2.78. The number of nitrogens with one attached hydrogen (secondary N) is 1. The highest BCUT2D eigenvalue weighted by Gasteiger charge is 2.10. The van der Waals surface area contributed by atoms with Crippen molar-refractivity contribution < 1.29 is 9.21 Å². The van der Waals surface area contributed by atoms with Crippen LogP contribution in [0, 0.1) is 6.92 Å². The molecule has 5 heteroatoms. The van der Waals surface area contributed by atoms with E-state index in [2.05, 4.69) is 10.3 Å². The SMILES string of the molecule is CCc1cnc(CNC(=O)c2ccc(N)cc2C)o1. The molecule has 1 heterocycles. The first kappa shape index (κ1) is 13.1. The van der Waals surface area contributed by atoms with Crippen LogP contribution in [0.1, 0.15) is 34.5 Å². The number of aryl methyl sites for hydroxylation is 2. The van der Waals surface area contributed by atoms with Crippen LogP contribution in [-0.2, 0) is 13.0 Å². The van der Waals surface area contributed by atoms with Crippen molar-refractivity contribution in [1.82, 2.24) is 10.3 Å². The lowest BCUT2D eigenvalue weighted by molar-refractivity contribution is 0.0946. The molecule has 1 aromatic carbocycles. The fraction of sp³-hybridized carbons (Fsp3) is 0.286. The van der Waals surface area contributed by atoms with Crippen LogP contribution < -0.4 is 11.1 Å². The molecule has 3 N–H and O–H groups in total. The van der Waals surface area contributed by atoms with Gasteiger partial charge in [-0.3, -0.25) is 4.79 Å². The van der Waals surface area contributed by atoms with Crippen molar-refractivity contribution in [3.63, 3.8) is 0 Å². The Balaban J connectivity index is 2.01. The number of carbonyl (C=O) groups is 1. The number of anilines is 1. The van der Waals surface area contributed by atoms with Gasteiger partial charge in [0.2, 0.25) is 5.89 Å². The molecule has 0 aliphatic carbocycles. The van der Waals surface area contributed by atoms with Crippen molar-refractivity contribution in [2.45, 2.75) is 26.8 Å². The Morgan fingerprint density at radius 1 is 1.47 bits per heavy atom. The average Bonchev–Trinajstić information content (AvgIpc) is 2.84. The molecule has 0 aliphatic rings. The third-order valence-electron chi connectivity index (χ3n) is 2.85. The summed E-state index contributed by atoms with van der Waals surface area (Å²) in [4.78, 5) is 16.1. The quantitative estimate of drug-likeness (QED) is 0.823. The molecule has 0 spiro atoms. The molecule has 0 bridgehead atoms. The molecular weight excluding hydrogens is 242 g/mol. The van der Waals surface area contributed by atoms with Crippen LogP contribution >= 0.6 is 0 Å². The molecule has 1 amide bonds. The molecule has 0 fully saturated rings. The maximum Gasteiger partial charge on any atom is 0.251 e. The Bertz CT molecular complexity index is 590. The Labute approximate surface area is 111 Å². The standard InChI is InChI=1S/C14H17N3O2/c1-3-11-7-16-13(19-11)8-17-14(18)12-5-4-10(15)6-9(12)2/h4-7H,3,8,15H2,1-2H3,(H,17,18). The number of amides is 1. The summed E-state index contributed by atoms with van der Waals surface area (Å²) >= 11 is 0. The summed E-state index contributed by atoms with van der Waals surface area (Å²) in [5.41, 5.74) is 7.76. The summed E-state index contributed by atoms with van der Waals surface area (Å²) in [6, 6.07) is 5.20. The molecule has 1 aromatic heterocycles. The molecule has 5 nitrogen and oxygen atoms in total. The van der Waals surface area contributed by atoms with Gasteiger partial charge >= 0.3 is 0 Å². The first-order chi connectivity index (χ1) is 9.10. The second-order valence-electron chi connectivity index (χ2n) is 4.33. The number of hydrogen-bond acceptors (Lipinski definition) is 4. The number of nitrogens with zero attached hydrogens (tertiary/aromatic N) is 1. The van der Waals surface area contributed by atoms with Gasteiger partial charge in [0.05, 0.1) is 12.7 Å². The minimum Gasteiger partial charge on any atom is -0.444 e. The normalized spacial score (nSPS) is 10.4. The minimum absolute atomic E-state index is 0.159. The maximum absolute atomic E-state index is 12.0. The van der Waals surface area contributed by atoms with Crippen molar-refractivity contribution in [3.8, 4) is 0 Å². The highest BCUT2D eigenvalue weighted by atomic mass is 16.4. The lowest BCUT2D eigenvalue weighted by Crippen LogP contribution is -2.23. The van der Waals surface area contributed by atoms with Gasteiger partial charge in [-0.1, -0.05) is 6.92 Å². The van der Waals surface area contributed by atoms with E-state index in [0.29, 0.717) is 17.1 Å². The van der Waals surface area contributed by atoms with Gasteiger partial charge in [0.15, 0.2) is 0 Å². The number of nitrogens with two attached hydrogens (primary N) is 1. The van der Waals surface area contributed by atoms with Crippen LogP contribution in [0.4, 0.5) is 5.69 Å². The summed E-state index contributed by atoms with van der Waals surface area (Å²) in [5.74, 6) is 1.17. The number of benzene rings is 1. The molecule has 0 aliphatic heterocycles. The van der Waals surface area contributed by atoms with E-state index in [4.69, 9.17) is 10.2 Å². The van der Waals surface area contributed by atoms with Gasteiger partial charge in [-0.25, -0.2) is 4.98 Å². The van der Waals surface area contributed by atoms with Crippen molar-refractivity contribution in [3.05, 3.63) is 47.2 Å². The largest absolute Gasteiger partial charge is 0.444 e. The highest BCUT2D eigenvalue weighted by Crippen LogP contribution is 2.12. The number of oxazole rings is 1. The highest BCUT2D eigenvalue weighted by molar-refractivity contribution is 5.95. The van der Waals surface area contributed by atoms with Crippen LogP contribution in [0.5, 0.6) is 0 Å². The molecule has 2 rings (SSSR count). The van der Waals surface area contributed by atoms with E-state index in [-0.39, 0.29) is 12.5 Å². The number of aromatic nitrogens is 1. The van der Waals surface area contributed by atoms with Crippen LogP contribution in [0.3, 0.4) is 0 Å². The van der Waals surface area contributed by atoms with Crippen molar-refractivity contribution in [2.75, 3.05) is 5.73 Å². The fourth-order valence-corrected chi connectivity index (χ4v) is 1.79. The molecular formula is C14H17N3O2. The topological polar surface area (TPSA) is 81.2 Å². The van der Waals surface area contributed by atoms with E-state index in [1.54, 1.807) is 24.4 Å². The first-order valence-electron chi connectivity index (χ1n) is 6.18. The van der Waals surface area contributed by atoms with E-state index < -0.39 is 0 Å². The van der Waals surface area contributed by atoms with Gasteiger partial charge in [0.25, 0.3) is 5.91 Å². The van der Waals surface area contributed by atoms with Crippen molar-refractivity contribution >= 4 is 11.6 Å². The smallest absolute Gasteiger partial charge is 0.251 e. The van der Waals surface area contributed by atoms with Gasteiger partial charge < -0.3 is 15.5 Å². The van der Waals surface area contributed by atoms with E-state index in [1.165, 1.54) is 0 Å². The molecule has 0 radical (unpaired) electrons. The molecule has 0 saturated carbocycles. The molecule has 19 heavy (non-hydrogen) atoms. The number of rotatable bonds is 4. The Morgan fingerprint density at radius 3 is 2.89 bits per heavy atom. The molecule has 0 atom stereocenters. The summed E-state index contributed by atoms with van der Waals surface area (Å²) < 4.78 is 5.42. The van der Waals surface area contributed by atoms with Crippen molar-refractivity contribution in [1.29, 1.82) is 0 Å². The fourth-order valence-electron chi connectivity index (χ4n) is 1.79. The van der Waals surface area contributed by atoms with Gasteiger partial charge in [-0.05, 0) is 30.7 Å². The Hall–Kier alpha value is -2.30. The van der Waals surface area contributed by atoms with Gasteiger partial charge in [-0.2, -0.15) is 0 Å². The molecule has 0 unspecified atom stereocenters. The summed E-state index contributed by atoms with van der Waals surface area (Å²) in [6.45, 7) is 4.12. The summed E-state index contributed by atoms with van der Waals surface area (Å²) in [6.07, 6.45) is 2.47. The lowest BCUT2D eigenvalue weighted by Gasteiger charge is -2.06.